The highest BCUT2D eigenvalue weighted by Gasteiger charge is 2.28. The van der Waals surface area contributed by atoms with Crippen LogP contribution in [-0.4, -0.2) is 85.7 Å². The third kappa shape index (κ3) is 4.78. The summed E-state index contributed by atoms with van der Waals surface area (Å²) in [4.78, 5) is 29.1. The normalized spacial score (nSPS) is 21.9. The topological polar surface area (TPSA) is 59.1 Å². The minimum atomic E-state index is -0.389. The third-order valence-electron chi connectivity index (χ3n) is 4.83. The molecule has 0 spiro atoms. The van der Waals surface area contributed by atoms with Crippen molar-refractivity contribution in [1.82, 2.24) is 9.80 Å². The van der Waals surface area contributed by atoms with Crippen LogP contribution in [0.4, 0.5) is 0 Å². The lowest BCUT2D eigenvalue weighted by Crippen LogP contribution is -2.50. The van der Waals surface area contributed by atoms with Crippen LogP contribution in [0, 0.1) is 0 Å². The summed E-state index contributed by atoms with van der Waals surface area (Å²) in [6.45, 7) is 5.06. The molecule has 2 aliphatic rings. The number of carbonyl (C=O) groups is 2. The number of amides is 1. The van der Waals surface area contributed by atoms with Gasteiger partial charge < -0.3 is 14.4 Å². The number of nitrogens with zero attached hydrogens (tertiary/aromatic N) is 2. The minimum Gasteiger partial charge on any atom is -0.465 e. The molecule has 1 amide bonds. The molecule has 1 unspecified atom stereocenters. The lowest BCUT2D eigenvalue weighted by Gasteiger charge is -2.35. The van der Waals surface area contributed by atoms with Gasteiger partial charge >= 0.3 is 5.97 Å². The molecule has 0 saturated carbocycles. The van der Waals surface area contributed by atoms with Crippen LogP contribution in [0.15, 0.2) is 24.3 Å². The van der Waals surface area contributed by atoms with Crippen molar-refractivity contribution in [3.05, 3.63) is 35.4 Å². The summed E-state index contributed by atoms with van der Waals surface area (Å²) in [5.41, 5.74) is 1.08. The standard InChI is InChI=1S/C19H26N2O4S/c1-24-19(23)16-5-3-15(4-6-16)18(22)21-7-2-12-26-14-17(21)13-20-8-10-25-11-9-20/h3-6,17H,2,7-14H2,1H3. The van der Waals surface area contributed by atoms with Gasteiger partial charge in [-0.1, -0.05) is 0 Å². The highest BCUT2D eigenvalue weighted by atomic mass is 32.2. The lowest BCUT2D eigenvalue weighted by atomic mass is 10.1. The number of methoxy groups -OCH3 is 1. The van der Waals surface area contributed by atoms with Crippen molar-refractivity contribution in [2.45, 2.75) is 12.5 Å². The molecular weight excluding hydrogens is 352 g/mol. The summed E-state index contributed by atoms with van der Waals surface area (Å²) in [6.07, 6.45) is 1.01. The zero-order chi connectivity index (χ0) is 18.4. The number of ether oxygens (including phenoxy) is 2. The average Bonchev–Trinajstić information content (AvgIpc) is 2.93. The number of rotatable bonds is 4. The first-order chi connectivity index (χ1) is 12.7. The van der Waals surface area contributed by atoms with E-state index in [9.17, 15) is 9.59 Å². The molecule has 0 aromatic heterocycles. The largest absolute Gasteiger partial charge is 0.465 e. The van der Waals surface area contributed by atoms with Gasteiger partial charge in [0.05, 0.1) is 31.9 Å². The lowest BCUT2D eigenvalue weighted by molar-refractivity contribution is 0.0245. The van der Waals surface area contributed by atoms with Crippen LogP contribution in [0.1, 0.15) is 27.1 Å². The van der Waals surface area contributed by atoms with Gasteiger partial charge in [-0.2, -0.15) is 11.8 Å². The van der Waals surface area contributed by atoms with Gasteiger partial charge in [-0.05, 0) is 36.4 Å². The van der Waals surface area contributed by atoms with Crippen molar-refractivity contribution < 1.29 is 19.1 Å². The van der Waals surface area contributed by atoms with Crippen molar-refractivity contribution in [1.29, 1.82) is 0 Å². The summed E-state index contributed by atoms with van der Waals surface area (Å²) in [6, 6.07) is 6.95. The van der Waals surface area contributed by atoms with Gasteiger partial charge in [0, 0.05) is 37.5 Å². The minimum absolute atomic E-state index is 0.0437. The van der Waals surface area contributed by atoms with E-state index in [0.717, 1.165) is 57.3 Å². The molecule has 1 aromatic carbocycles. The molecule has 26 heavy (non-hydrogen) atoms. The molecule has 1 atom stereocenters. The molecule has 0 radical (unpaired) electrons. The number of hydrogen-bond acceptors (Lipinski definition) is 6. The summed E-state index contributed by atoms with van der Waals surface area (Å²) in [5, 5.41) is 0. The van der Waals surface area contributed by atoms with Crippen LogP contribution < -0.4 is 0 Å². The molecule has 7 heteroatoms. The molecule has 0 aliphatic carbocycles. The molecule has 2 saturated heterocycles. The van der Waals surface area contributed by atoms with Crippen LogP contribution in [0.3, 0.4) is 0 Å². The summed E-state index contributed by atoms with van der Waals surface area (Å²) in [7, 11) is 1.35. The Hall–Kier alpha value is -1.57. The number of thioether (sulfide) groups is 1. The van der Waals surface area contributed by atoms with E-state index in [4.69, 9.17) is 9.47 Å². The van der Waals surface area contributed by atoms with Crippen LogP contribution in [-0.2, 0) is 9.47 Å². The Kier molecular flexibility index (Phi) is 6.93. The smallest absolute Gasteiger partial charge is 0.337 e. The zero-order valence-corrected chi connectivity index (χ0v) is 16.0. The molecule has 0 N–H and O–H groups in total. The molecule has 142 valence electrons. The first kappa shape index (κ1) is 19.2. The first-order valence-electron chi connectivity index (χ1n) is 9.06. The maximum atomic E-state index is 13.1. The SMILES string of the molecule is COC(=O)c1ccc(C(=O)N2CCCSCC2CN2CCOCC2)cc1. The van der Waals surface area contributed by atoms with Crippen LogP contribution in [0.25, 0.3) is 0 Å². The highest BCUT2D eigenvalue weighted by Crippen LogP contribution is 2.20. The van der Waals surface area contributed by atoms with Gasteiger partial charge in [0.2, 0.25) is 0 Å². The second-order valence-electron chi connectivity index (χ2n) is 6.56. The third-order valence-corrected chi connectivity index (χ3v) is 6.02. The van der Waals surface area contributed by atoms with Crippen molar-refractivity contribution in [3.63, 3.8) is 0 Å². The molecular formula is C19H26N2O4S. The van der Waals surface area contributed by atoms with E-state index in [0.29, 0.717) is 11.1 Å². The second-order valence-corrected chi connectivity index (χ2v) is 7.71. The van der Waals surface area contributed by atoms with E-state index in [1.165, 1.54) is 7.11 Å². The Balaban J connectivity index is 1.71. The van der Waals surface area contributed by atoms with Crippen LogP contribution >= 0.6 is 11.8 Å². The fourth-order valence-corrected chi connectivity index (χ4v) is 4.42. The summed E-state index contributed by atoms with van der Waals surface area (Å²) >= 11 is 1.93. The number of esters is 1. The zero-order valence-electron chi connectivity index (χ0n) is 15.2. The Morgan fingerprint density at radius 2 is 1.85 bits per heavy atom. The molecule has 1 aromatic rings. The van der Waals surface area contributed by atoms with Gasteiger partial charge in [-0.25, -0.2) is 4.79 Å². The van der Waals surface area contributed by atoms with E-state index in [1.807, 2.05) is 16.7 Å². The Morgan fingerprint density at radius 3 is 2.54 bits per heavy atom. The molecule has 2 fully saturated rings. The monoisotopic (exact) mass is 378 g/mol. The molecule has 2 aliphatic heterocycles. The van der Waals surface area contributed by atoms with Gasteiger partial charge in [0.25, 0.3) is 5.91 Å². The van der Waals surface area contributed by atoms with Crippen molar-refractivity contribution >= 4 is 23.6 Å². The summed E-state index contributed by atoms with van der Waals surface area (Å²) < 4.78 is 10.2. The second kappa shape index (κ2) is 9.39. The quantitative estimate of drug-likeness (QED) is 0.744. The number of carbonyl (C=O) groups excluding carboxylic acids is 2. The highest BCUT2D eigenvalue weighted by molar-refractivity contribution is 7.99. The van der Waals surface area contributed by atoms with E-state index in [2.05, 4.69) is 4.90 Å². The molecule has 3 rings (SSSR count). The van der Waals surface area contributed by atoms with Crippen LogP contribution in [0.5, 0.6) is 0 Å². The molecule has 0 bridgehead atoms. The number of hydrogen-bond donors (Lipinski definition) is 0. The van der Waals surface area contributed by atoms with Gasteiger partial charge in [0.15, 0.2) is 0 Å². The van der Waals surface area contributed by atoms with Crippen molar-refractivity contribution in [2.75, 3.05) is 58.0 Å². The maximum Gasteiger partial charge on any atom is 0.337 e. The molecule has 6 nitrogen and oxygen atoms in total. The van der Waals surface area contributed by atoms with E-state index >= 15 is 0 Å². The van der Waals surface area contributed by atoms with E-state index < -0.39 is 0 Å². The van der Waals surface area contributed by atoms with E-state index in [-0.39, 0.29) is 17.9 Å². The molecule has 2 heterocycles. The van der Waals surface area contributed by atoms with Crippen molar-refractivity contribution in [3.8, 4) is 0 Å². The Morgan fingerprint density at radius 1 is 1.15 bits per heavy atom. The maximum absolute atomic E-state index is 13.1. The first-order valence-corrected chi connectivity index (χ1v) is 10.2. The predicted octanol–water partition coefficient (Wildman–Crippen LogP) is 1.75. The predicted molar refractivity (Wildman–Crippen MR) is 102 cm³/mol. The fraction of sp³-hybridized carbons (Fsp3) is 0.579. The van der Waals surface area contributed by atoms with Gasteiger partial charge in [0.1, 0.15) is 0 Å². The van der Waals surface area contributed by atoms with Crippen LogP contribution in [0.2, 0.25) is 0 Å². The Bertz CT molecular complexity index is 616. The number of morpholine rings is 1. The fourth-order valence-electron chi connectivity index (χ4n) is 3.36. The number of benzene rings is 1. The van der Waals surface area contributed by atoms with Gasteiger partial charge in [-0.15, -0.1) is 0 Å². The summed E-state index contributed by atoms with van der Waals surface area (Å²) in [5.74, 6) is 1.70. The van der Waals surface area contributed by atoms with Crippen molar-refractivity contribution in [2.24, 2.45) is 0 Å². The van der Waals surface area contributed by atoms with Gasteiger partial charge in [-0.3, -0.25) is 9.69 Å². The average molecular weight is 378 g/mol. The Labute approximate surface area is 158 Å². The van der Waals surface area contributed by atoms with E-state index in [1.54, 1.807) is 24.3 Å².